The lowest BCUT2D eigenvalue weighted by Gasteiger charge is -2.30. The lowest BCUT2D eigenvalue weighted by molar-refractivity contribution is -0.123. The molecular formula is C17H22N4O2S. The topological polar surface area (TPSA) is 86.2 Å². The number of hydrogen-bond donors (Lipinski definition) is 3. The molecule has 3 N–H and O–H groups in total. The van der Waals surface area contributed by atoms with E-state index in [1.165, 1.54) is 19.3 Å². The molecule has 0 unspecified atom stereocenters. The molecule has 0 bridgehead atoms. The Balaban J connectivity index is 1.66. The third-order valence-corrected chi connectivity index (χ3v) is 4.32. The van der Waals surface area contributed by atoms with Gasteiger partial charge in [-0.15, -0.1) is 0 Å². The van der Waals surface area contributed by atoms with Crippen molar-refractivity contribution in [1.29, 1.82) is 5.26 Å². The maximum Gasteiger partial charge on any atom is 0.276 e. The van der Waals surface area contributed by atoms with E-state index in [0.717, 1.165) is 6.42 Å². The molecule has 1 saturated carbocycles. The van der Waals surface area contributed by atoms with Gasteiger partial charge in [0.1, 0.15) is 5.75 Å². The molecule has 1 fully saturated rings. The van der Waals surface area contributed by atoms with Crippen LogP contribution in [0.3, 0.4) is 0 Å². The zero-order valence-electron chi connectivity index (χ0n) is 13.7. The van der Waals surface area contributed by atoms with E-state index >= 15 is 0 Å². The standard InChI is InChI=1S/C17H22N4O2S/c1-12-4-2-3-5-15(12)19-17(24)21-20-16(22)11-23-14-8-6-13(10-18)7-9-14/h6-9,12,15H,2-5,11H2,1H3,(H,20,22)(H2,19,21,24)/t12-,15-/m1/s1. The summed E-state index contributed by atoms with van der Waals surface area (Å²) in [7, 11) is 0. The van der Waals surface area contributed by atoms with Crippen LogP contribution < -0.4 is 20.9 Å². The van der Waals surface area contributed by atoms with Crippen LogP contribution in [-0.4, -0.2) is 23.7 Å². The average molecular weight is 346 g/mol. The highest BCUT2D eigenvalue weighted by Gasteiger charge is 2.21. The molecule has 0 radical (unpaired) electrons. The highest BCUT2D eigenvalue weighted by Crippen LogP contribution is 2.23. The van der Waals surface area contributed by atoms with Gasteiger partial charge < -0.3 is 10.1 Å². The molecule has 0 saturated heterocycles. The lowest BCUT2D eigenvalue weighted by atomic mass is 9.86. The zero-order chi connectivity index (χ0) is 17.4. The van der Waals surface area contributed by atoms with Gasteiger partial charge in [-0.3, -0.25) is 15.6 Å². The number of carbonyl (C=O) groups excluding carboxylic acids is 1. The molecule has 0 heterocycles. The SMILES string of the molecule is C[C@@H]1CCCC[C@H]1NC(=S)NNC(=O)COc1ccc(C#N)cc1. The number of benzene rings is 1. The lowest BCUT2D eigenvalue weighted by Crippen LogP contribution is -2.52. The Morgan fingerprint density at radius 2 is 2.00 bits per heavy atom. The van der Waals surface area contributed by atoms with Gasteiger partial charge in [0.05, 0.1) is 11.6 Å². The summed E-state index contributed by atoms with van der Waals surface area (Å²) in [6.07, 6.45) is 4.77. The summed E-state index contributed by atoms with van der Waals surface area (Å²) >= 11 is 5.20. The van der Waals surface area contributed by atoms with Crippen LogP contribution in [0.4, 0.5) is 0 Å². The smallest absolute Gasteiger partial charge is 0.276 e. The van der Waals surface area contributed by atoms with E-state index in [-0.39, 0.29) is 12.5 Å². The molecule has 1 aromatic rings. The second-order valence-corrected chi connectivity index (χ2v) is 6.35. The van der Waals surface area contributed by atoms with Crippen molar-refractivity contribution in [3.05, 3.63) is 29.8 Å². The van der Waals surface area contributed by atoms with Crippen LogP contribution in [-0.2, 0) is 4.79 Å². The van der Waals surface area contributed by atoms with E-state index in [9.17, 15) is 4.79 Å². The first-order chi connectivity index (χ1) is 11.6. The molecule has 6 nitrogen and oxygen atoms in total. The third kappa shape index (κ3) is 5.70. The first-order valence-corrected chi connectivity index (χ1v) is 8.47. The quantitative estimate of drug-likeness (QED) is 0.571. The molecule has 1 aromatic carbocycles. The van der Waals surface area contributed by atoms with Crippen molar-refractivity contribution in [2.75, 3.05) is 6.61 Å². The highest BCUT2D eigenvalue weighted by atomic mass is 32.1. The van der Waals surface area contributed by atoms with Gasteiger partial charge in [-0.2, -0.15) is 5.26 Å². The molecule has 0 spiro atoms. The summed E-state index contributed by atoms with van der Waals surface area (Å²) in [6.45, 7) is 2.07. The van der Waals surface area contributed by atoms with E-state index in [1.54, 1.807) is 24.3 Å². The van der Waals surface area contributed by atoms with Crippen molar-refractivity contribution in [3.8, 4) is 11.8 Å². The molecule has 7 heteroatoms. The summed E-state index contributed by atoms with van der Waals surface area (Å²) in [5, 5.41) is 12.4. The monoisotopic (exact) mass is 346 g/mol. The van der Waals surface area contributed by atoms with Crippen molar-refractivity contribution >= 4 is 23.2 Å². The third-order valence-electron chi connectivity index (χ3n) is 4.10. The number of nitriles is 1. The number of ether oxygens (including phenoxy) is 1. The van der Waals surface area contributed by atoms with Crippen LogP contribution in [0.5, 0.6) is 5.75 Å². The molecule has 1 aliphatic carbocycles. The fourth-order valence-corrected chi connectivity index (χ4v) is 2.87. The fourth-order valence-electron chi connectivity index (χ4n) is 2.67. The summed E-state index contributed by atoms with van der Waals surface area (Å²) in [5.74, 6) is 0.773. The molecule has 1 aliphatic rings. The number of nitrogens with one attached hydrogen (secondary N) is 3. The Kier molecular flexibility index (Phi) is 6.82. The largest absolute Gasteiger partial charge is 0.484 e. The predicted octanol–water partition coefficient (Wildman–Crippen LogP) is 2.01. The minimum Gasteiger partial charge on any atom is -0.484 e. The molecule has 2 atom stereocenters. The van der Waals surface area contributed by atoms with Crippen LogP contribution in [0, 0.1) is 17.2 Å². The number of amides is 1. The van der Waals surface area contributed by atoms with Gasteiger partial charge in [0.15, 0.2) is 11.7 Å². The number of hydrogen-bond acceptors (Lipinski definition) is 4. The maximum atomic E-state index is 11.8. The summed E-state index contributed by atoms with van der Waals surface area (Å²) in [5.41, 5.74) is 5.76. The number of nitrogens with zero attached hydrogens (tertiary/aromatic N) is 1. The minimum absolute atomic E-state index is 0.138. The van der Waals surface area contributed by atoms with Crippen molar-refractivity contribution in [3.63, 3.8) is 0 Å². The summed E-state index contributed by atoms with van der Waals surface area (Å²) in [4.78, 5) is 11.8. The van der Waals surface area contributed by atoms with Gasteiger partial charge in [-0.1, -0.05) is 19.8 Å². The van der Waals surface area contributed by atoms with Crippen molar-refractivity contribution in [2.24, 2.45) is 5.92 Å². The van der Waals surface area contributed by atoms with Crippen LogP contribution in [0.2, 0.25) is 0 Å². The Labute approximate surface area is 147 Å². The second kappa shape index (κ2) is 9.08. The number of hydrazine groups is 1. The Bertz CT molecular complexity index is 612. The molecule has 1 amide bonds. The minimum atomic E-state index is -0.333. The van der Waals surface area contributed by atoms with Gasteiger partial charge in [0, 0.05) is 6.04 Å². The van der Waals surface area contributed by atoms with E-state index in [0.29, 0.717) is 28.4 Å². The van der Waals surface area contributed by atoms with Gasteiger partial charge in [-0.05, 0) is 55.2 Å². The van der Waals surface area contributed by atoms with Crippen LogP contribution >= 0.6 is 12.2 Å². The average Bonchev–Trinajstić information content (AvgIpc) is 2.60. The van der Waals surface area contributed by atoms with Crippen molar-refractivity contribution in [2.45, 2.75) is 38.6 Å². The van der Waals surface area contributed by atoms with Crippen LogP contribution in [0.1, 0.15) is 38.2 Å². The normalized spacial score (nSPS) is 19.7. The first-order valence-electron chi connectivity index (χ1n) is 8.07. The molecule has 2 rings (SSSR count). The van der Waals surface area contributed by atoms with Crippen molar-refractivity contribution < 1.29 is 9.53 Å². The Morgan fingerprint density at radius 3 is 2.67 bits per heavy atom. The van der Waals surface area contributed by atoms with E-state index < -0.39 is 0 Å². The first kappa shape index (κ1) is 18.0. The molecular weight excluding hydrogens is 324 g/mol. The van der Waals surface area contributed by atoms with E-state index in [1.807, 2.05) is 6.07 Å². The Hall–Kier alpha value is -2.33. The molecule has 0 aliphatic heterocycles. The summed E-state index contributed by atoms with van der Waals surface area (Å²) < 4.78 is 5.34. The van der Waals surface area contributed by atoms with Gasteiger partial charge >= 0.3 is 0 Å². The number of thiocarbonyl (C=S) groups is 1. The van der Waals surface area contributed by atoms with Gasteiger partial charge in [0.2, 0.25) is 0 Å². The molecule has 128 valence electrons. The highest BCUT2D eigenvalue weighted by molar-refractivity contribution is 7.80. The molecule has 0 aromatic heterocycles. The second-order valence-electron chi connectivity index (χ2n) is 5.94. The van der Waals surface area contributed by atoms with E-state index in [2.05, 4.69) is 23.1 Å². The van der Waals surface area contributed by atoms with Gasteiger partial charge in [-0.25, -0.2) is 0 Å². The van der Waals surface area contributed by atoms with Crippen molar-refractivity contribution in [1.82, 2.24) is 16.2 Å². The maximum absolute atomic E-state index is 11.8. The predicted molar refractivity (Wildman–Crippen MR) is 95.1 cm³/mol. The van der Waals surface area contributed by atoms with Gasteiger partial charge in [0.25, 0.3) is 5.91 Å². The number of carbonyl (C=O) groups is 1. The summed E-state index contributed by atoms with van der Waals surface area (Å²) in [6, 6.07) is 8.94. The Morgan fingerprint density at radius 1 is 1.29 bits per heavy atom. The molecule has 24 heavy (non-hydrogen) atoms. The van der Waals surface area contributed by atoms with Crippen LogP contribution in [0.15, 0.2) is 24.3 Å². The number of rotatable bonds is 4. The van der Waals surface area contributed by atoms with Crippen LogP contribution in [0.25, 0.3) is 0 Å². The fraction of sp³-hybridized carbons (Fsp3) is 0.471. The zero-order valence-corrected chi connectivity index (χ0v) is 14.5. The van der Waals surface area contributed by atoms with E-state index in [4.69, 9.17) is 22.2 Å².